The van der Waals surface area contributed by atoms with Crippen LogP contribution < -0.4 is 24.3 Å². The van der Waals surface area contributed by atoms with Gasteiger partial charge in [0.15, 0.2) is 5.85 Å². The molecule has 0 spiro atoms. The number of hydrogen-bond acceptors (Lipinski definition) is 5. The normalized spacial score (nSPS) is 17.6. The Hall–Kier alpha value is -2.78. The van der Waals surface area contributed by atoms with Gasteiger partial charge in [0, 0.05) is 16.9 Å². The van der Waals surface area contributed by atoms with Crippen molar-refractivity contribution < 1.29 is 18.9 Å². The molecule has 1 aliphatic heterocycles. The third kappa shape index (κ3) is 3.83. The minimum absolute atomic E-state index is 0.0264. The summed E-state index contributed by atoms with van der Waals surface area (Å²) in [6.45, 7) is 6.79. The quantitative estimate of drug-likeness (QED) is 0.474. The minimum atomic E-state index is -0.790. The molecular weight excluding hydrogens is 409 g/mol. The van der Waals surface area contributed by atoms with Gasteiger partial charge in [-0.1, -0.05) is 45.0 Å². The number of methoxy groups -OCH3 is 3. The average Bonchev–Trinajstić information content (AvgIpc) is 3.19. The van der Waals surface area contributed by atoms with Crippen molar-refractivity contribution in [3.05, 3.63) is 60.3 Å². The maximum atomic E-state index is 6.57. The summed E-state index contributed by atoms with van der Waals surface area (Å²) < 4.78 is 23.4. The maximum Gasteiger partial charge on any atom is 0.213 e. The van der Waals surface area contributed by atoms with Crippen molar-refractivity contribution in [1.82, 2.24) is 4.98 Å². The second-order valence-electron chi connectivity index (χ2n) is 8.31. The summed E-state index contributed by atoms with van der Waals surface area (Å²) in [5.41, 5.74) is 2.91. The highest BCUT2D eigenvalue weighted by molar-refractivity contribution is 7.68. The molecule has 5 nitrogen and oxygen atoms in total. The Morgan fingerprint density at radius 2 is 1.48 bits per heavy atom. The predicted molar refractivity (Wildman–Crippen MR) is 125 cm³/mol. The molecule has 1 aromatic heterocycles. The molecule has 0 radical (unpaired) electrons. The van der Waals surface area contributed by atoms with Crippen LogP contribution in [0.3, 0.4) is 0 Å². The van der Waals surface area contributed by atoms with Crippen molar-refractivity contribution in [3.8, 4) is 34.3 Å². The highest BCUT2D eigenvalue weighted by Crippen LogP contribution is 2.66. The van der Waals surface area contributed by atoms with Crippen LogP contribution in [0.15, 0.2) is 54.6 Å². The van der Waals surface area contributed by atoms with Gasteiger partial charge in [0.1, 0.15) is 17.2 Å². The Morgan fingerprint density at radius 1 is 0.839 bits per heavy atom. The summed E-state index contributed by atoms with van der Waals surface area (Å²) in [5, 5.41) is 1.18. The molecule has 0 N–H and O–H groups in total. The first-order chi connectivity index (χ1) is 14.9. The molecular formula is C25H28NO4P. The van der Waals surface area contributed by atoms with Gasteiger partial charge in [0.05, 0.1) is 32.6 Å². The first-order valence-corrected chi connectivity index (χ1v) is 11.6. The smallest absolute Gasteiger partial charge is 0.213 e. The first kappa shape index (κ1) is 21.5. The lowest BCUT2D eigenvalue weighted by Crippen LogP contribution is -2.21. The summed E-state index contributed by atoms with van der Waals surface area (Å²) in [5.74, 6) is 2.87. The Balaban J connectivity index is 1.94. The SMILES string of the molecule is COc1cccc([C@H]2Oc3cccc(-c4c(OC)cccc4OC)c3[P@@]2C(C)(C)C)n1. The second kappa shape index (κ2) is 8.39. The van der Waals surface area contributed by atoms with Crippen LogP contribution in [0, 0.1) is 0 Å². The van der Waals surface area contributed by atoms with Crippen molar-refractivity contribution >= 4 is 13.2 Å². The summed E-state index contributed by atoms with van der Waals surface area (Å²) in [7, 11) is 4.22. The molecule has 1 aliphatic rings. The van der Waals surface area contributed by atoms with Gasteiger partial charge >= 0.3 is 0 Å². The number of aromatic nitrogens is 1. The van der Waals surface area contributed by atoms with E-state index >= 15 is 0 Å². The number of rotatable bonds is 5. The van der Waals surface area contributed by atoms with Gasteiger partial charge in [-0.3, -0.25) is 0 Å². The zero-order chi connectivity index (χ0) is 22.2. The van der Waals surface area contributed by atoms with Gasteiger partial charge in [-0.25, -0.2) is 4.98 Å². The maximum absolute atomic E-state index is 6.57. The van der Waals surface area contributed by atoms with E-state index in [9.17, 15) is 0 Å². The minimum Gasteiger partial charge on any atom is -0.496 e. The molecule has 6 heteroatoms. The number of fused-ring (bicyclic) bond motifs is 1. The molecule has 0 saturated heterocycles. The molecule has 0 saturated carbocycles. The van der Waals surface area contributed by atoms with E-state index in [1.54, 1.807) is 21.3 Å². The molecule has 2 atom stereocenters. The molecule has 0 aliphatic carbocycles. The number of benzene rings is 2. The summed E-state index contributed by atoms with van der Waals surface area (Å²) in [6.07, 6.45) is 0. The molecule has 0 amide bonds. The Labute approximate surface area is 185 Å². The van der Waals surface area contributed by atoms with Crippen LogP contribution in [-0.4, -0.2) is 31.5 Å². The van der Waals surface area contributed by atoms with Crippen molar-refractivity contribution in [1.29, 1.82) is 0 Å². The molecule has 2 heterocycles. The summed E-state index contributed by atoms with van der Waals surface area (Å²) in [4.78, 5) is 4.71. The topological polar surface area (TPSA) is 49.8 Å². The van der Waals surface area contributed by atoms with E-state index in [1.807, 2.05) is 48.5 Å². The van der Waals surface area contributed by atoms with E-state index < -0.39 is 7.92 Å². The lowest BCUT2D eigenvalue weighted by molar-refractivity contribution is 0.292. The van der Waals surface area contributed by atoms with Crippen molar-refractivity contribution in [2.75, 3.05) is 21.3 Å². The molecule has 162 valence electrons. The van der Waals surface area contributed by atoms with Gasteiger partial charge in [0.2, 0.25) is 5.88 Å². The van der Waals surface area contributed by atoms with E-state index in [1.165, 1.54) is 5.30 Å². The van der Waals surface area contributed by atoms with Gasteiger partial charge in [0.25, 0.3) is 0 Å². The third-order valence-electron chi connectivity index (χ3n) is 5.34. The fraction of sp³-hybridized carbons (Fsp3) is 0.320. The fourth-order valence-electron chi connectivity index (χ4n) is 4.04. The van der Waals surface area contributed by atoms with Crippen molar-refractivity contribution in [2.45, 2.75) is 31.8 Å². The Morgan fingerprint density at radius 3 is 2.10 bits per heavy atom. The Kier molecular flexibility index (Phi) is 5.81. The van der Waals surface area contributed by atoms with Crippen molar-refractivity contribution in [3.63, 3.8) is 0 Å². The molecule has 0 fully saturated rings. The van der Waals surface area contributed by atoms with Gasteiger partial charge < -0.3 is 18.9 Å². The molecule has 3 aromatic rings. The third-order valence-corrected chi connectivity index (χ3v) is 8.57. The molecule has 4 rings (SSSR count). The van der Waals surface area contributed by atoms with Gasteiger partial charge in [-0.2, -0.15) is 0 Å². The summed E-state index contributed by atoms with van der Waals surface area (Å²) in [6, 6.07) is 17.9. The molecule has 0 unspecified atom stereocenters. The van der Waals surface area contributed by atoms with Gasteiger partial charge in [-0.15, -0.1) is 0 Å². The predicted octanol–water partition coefficient (Wildman–Crippen LogP) is 5.77. The van der Waals surface area contributed by atoms with E-state index in [-0.39, 0.29) is 11.0 Å². The van der Waals surface area contributed by atoms with Gasteiger partial charge in [-0.05, 0) is 37.3 Å². The van der Waals surface area contributed by atoms with Crippen LogP contribution in [0.1, 0.15) is 32.3 Å². The van der Waals surface area contributed by atoms with Crippen LogP contribution in [0.2, 0.25) is 0 Å². The second-order valence-corrected chi connectivity index (χ2v) is 11.3. The summed E-state index contributed by atoms with van der Waals surface area (Å²) >= 11 is 0. The monoisotopic (exact) mass is 437 g/mol. The fourth-order valence-corrected chi connectivity index (χ4v) is 7.08. The Bertz CT molecular complexity index is 1070. The number of ether oxygens (including phenoxy) is 4. The van der Waals surface area contributed by atoms with Crippen LogP contribution in [0.5, 0.6) is 23.1 Å². The standard InChI is InChI=1S/C25H28NO4P/c1-25(2,3)31-23-16(22-18(27-4)12-9-13-19(22)28-5)10-7-14-20(23)30-24(31)17-11-8-15-21(26-17)29-6/h7-15,24H,1-6H3/t24-,31+/m0/s1. The van der Waals surface area contributed by atoms with E-state index in [4.69, 9.17) is 23.9 Å². The van der Waals surface area contributed by atoms with Crippen molar-refractivity contribution in [2.24, 2.45) is 0 Å². The first-order valence-electron chi connectivity index (χ1n) is 10.2. The lowest BCUT2D eigenvalue weighted by Gasteiger charge is -2.32. The molecule has 0 bridgehead atoms. The zero-order valence-corrected chi connectivity index (χ0v) is 19.7. The lowest BCUT2D eigenvalue weighted by atomic mass is 10.0. The van der Waals surface area contributed by atoms with Crippen LogP contribution in [0.4, 0.5) is 0 Å². The largest absolute Gasteiger partial charge is 0.496 e. The van der Waals surface area contributed by atoms with E-state index in [0.29, 0.717) is 5.88 Å². The van der Waals surface area contributed by atoms with Crippen LogP contribution in [-0.2, 0) is 0 Å². The highest BCUT2D eigenvalue weighted by Gasteiger charge is 2.45. The molecule has 31 heavy (non-hydrogen) atoms. The average molecular weight is 437 g/mol. The number of nitrogens with zero attached hydrogens (tertiary/aromatic N) is 1. The van der Waals surface area contributed by atoms with E-state index in [2.05, 4.69) is 26.8 Å². The number of pyridine rings is 1. The highest BCUT2D eigenvalue weighted by atomic mass is 31.1. The van der Waals surface area contributed by atoms with Crippen LogP contribution in [0.25, 0.3) is 11.1 Å². The number of hydrogen-bond donors (Lipinski definition) is 0. The van der Waals surface area contributed by atoms with Crippen LogP contribution >= 0.6 is 7.92 Å². The zero-order valence-electron chi connectivity index (χ0n) is 18.8. The van der Waals surface area contributed by atoms with E-state index in [0.717, 1.165) is 34.1 Å². The molecule has 2 aromatic carbocycles.